The van der Waals surface area contributed by atoms with Gasteiger partial charge in [0, 0.05) is 22.6 Å². The summed E-state index contributed by atoms with van der Waals surface area (Å²) < 4.78 is 1.96. The fourth-order valence-corrected chi connectivity index (χ4v) is 2.37. The largest absolute Gasteiger partial charge is 0.318 e. The molecule has 3 nitrogen and oxygen atoms in total. The molecule has 0 radical (unpaired) electrons. The Hall–Kier alpha value is -2.05. The number of benzene rings is 1. The van der Waals surface area contributed by atoms with Gasteiger partial charge in [0.2, 0.25) is 0 Å². The molecular weight excluding hydrogens is 260 g/mol. The zero-order valence-corrected chi connectivity index (χ0v) is 11.5. The van der Waals surface area contributed by atoms with Crippen molar-refractivity contribution in [2.24, 2.45) is 0 Å². The molecule has 0 amide bonds. The topological polar surface area (TPSA) is 45.8 Å². The van der Waals surface area contributed by atoms with Gasteiger partial charge in [-0.05, 0) is 38.1 Å². The summed E-state index contributed by atoms with van der Waals surface area (Å²) in [6.45, 7) is 3.81. The Morgan fingerprint density at radius 3 is 2.74 bits per heavy atom. The van der Waals surface area contributed by atoms with Crippen molar-refractivity contribution >= 4 is 17.4 Å². The van der Waals surface area contributed by atoms with E-state index in [-0.39, 0.29) is 11.7 Å². The first-order valence-corrected chi connectivity index (χ1v) is 6.40. The van der Waals surface area contributed by atoms with Gasteiger partial charge in [-0.25, -0.2) is 0 Å². The number of hydrogen-bond acceptors (Lipinski definition) is 2. The number of hydrogen-bond donors (Lipinski definition) is 0. The molecule has 1 heterocycles. The lowest BCUT2D eigenvalue weighted by Crippen LogP contribution is -2.04. The van der Waals surface area contributed by atoms with Crippen LogP contribution in [0.15, 0.2) is 30.3 Å². The van der Waals surface area contributed by atoms with Crippen molar-refractivity contribution in [1.82, 2.24) is 4.57 Å². The molecule has 4 heteroatoms. The Labute approximate surface area is 117 Å². The van der Waals surface area contributed by atoms with Crippen LogP contribution in [0.25, 0.3) is 5.69 Å². The summed E-state index contributed by atoms with van der Waals surface area (Å²) in [5.74, 6) is -0.111. The highest BCUT2D eigenvalue weighted by molar-refractivity contribution is 6.30. The van der Waals surface area contributed by atoms with Crippen LogP contribution in [-0.2, 0) is 0 Å². The summed E-state index contributed by atoms with van der Waals surface area (Å²) in [4.78, 5) is 11.8. The molecule has 0 N–H and O–H groups in total. The molecule has 0 aliphatic rings. The Kier molecular flexibility index (Phi) is 3.73. The predicted octanol–water partition coefficient (Wildman–Crippen LogP) is 3.39. The number of ketones is 1. The maximum Gasteiger partial charge on any atom is 0.179 e. The Morgan fingerprint density at radius 1 is 1.37 bits per heavy atom. The zero-order valence-electron chi connectivity index (χ0n) is 10.8. The van der Waals surface area contributed by atoms with Crippen LogP contribution in [0.2, 0.25) is 0 Å². The van der Waals surface area contributed by atoms with Gasteiger partial charge in [-0.2, -0.15) is 5.26 Å². The maximum atomic E-state index is 11.8. The van der Waals surface area contributed by atoms with E-state index >= 15 is 0 Å². The van der Waals surface area contributed by atoms with E-state index in [9.17, 15) is 4.79 Å². The van der Waals surface area contributed by atoms with Gasteiger partial charge in [-0.15, -0.1) is 11.6 Å². The van der Waals surface area contributed by atoms with E-state index in [1.807, 2.05) is 36.6 Å². The zero-order chi connectivity index (χ0) is 14.0. The number of alkyl halides is 1. The average Bonchev–Trinajstić information content (AvgIpc) is 2.73. The molecule has 0 spiro atoms. The third kappa shape index (κ3) is 2.40. The summed E-state index contributed by atoms with van der Waals surface area (Å²) in [6.07, 6.45) is 0. The highest BCUT2D eigenvalue weighted by atomic mass is 35.5. The van der Waals surface area contributed by atoms with Crippen LogP contribution < -0.4 is 0 Å². The molecule has 0 bridgehead atoms. The molecule has 0 saturated carbocycles. The van der Waals surface area contributed by atoms with Gasteiger partial charge in [0.1, 0.15) is 0 Å². The smallest absolute Gasteiger partial charge is 0.179 e. The van der Waals surface area contributed by atoms with E-state index in [0.29, 0.717) is 11.1 Å². The minimum Gasteiger partial charge on any atom is -0.318 e. The molecule has 0 unspecified atom stereocenters. The summed E-state index contributed by atoms with van der Waals surface area (Å²) in [5.41, 5.74) is 3.90. The lowest BCUT2D eigenvalue weighted by Gasteiger charge is -2.10. The standard InChI is InChI=1S/C15H13ClN2O/c1-10-6-14(15(19)8-16)11(2)18(10)13-5-3-4-12(7-13)9-17/h3-7H,8H2,1-2H3. The van der Waals surface area contributed by atoms with E-state index in [2.05, 4.69) is 6.07 Å². The fourth-order valence-electron chi connectivity index (χ4n) is 2.23. The molecule has 1 aromatic carbocycles. The molecular formula is C15H13ClN2O. The number of halogens is 1. The third-order valence-corrected chi connectivity index (χ3v) is 3.33. The van der Waals surface area contributed by atoms with Gasteiger partial charge in [0.15, 0.2) is 5.78 Å². The van der Waals surface area contributed by atoms with E-state index in [1.54, 1.807) is 12.1 Å². The first-order chi connectivity index (χ1) is 9.08. The normalized spacial score (nSPS) is 10.2. The van der Waals surface area contributed by atoms with Gasteiger partial charge >= 0.3 is 0 Å². The molecule has 2 rings (SSSR count). The van der Waals surface area contributed by atoms with Crippen molar-refractivity contribution in [3.8, 4) is 11.8 Å². The monoisotopic (exact) mass is 272 g/mol. The molecule has 2 aromatic rings. The van der Waals surface area contributed by atoms with E-state index in [4.69, 9.17) is 16.9 Å². The summed E-state index contributed by atoms with van der Waals surface area (Å²) in [6, 6.07) is 11.2. The number of Topliss-reactive ketones (excluding diaryl/α,β-unsaturated/α-hetero) is 1. The van der Waals surface area contributed by atoms with Crippen LogP contribution in [0.4, 0.5) is 0 Å². The average molecular weight is 273 g/mol. The number of carbonyl (C=O) groups is 1. The number of rotatable bonds is 3. The van der Waals surface area contributed by atoms with Crippen molar-refractivity contribution < 1.29 is 4.79 Å². The maximum absolute atomic E-state index is 11.8. The fraction of sp³-hybridized carbons (Fsp3) is 0.200. The van der Waals surface area contributed by atoms with Crippen LogP contribution in [-0.4, -0.2) is 16.2 Å². The number of aromatic nitrogens is 1. The number of nitrogens with zero attached hydrogens (tertiary/aromatic N) is 2. The van der Waals surface area contributed by atoms with Crippen LogP contribution >= 0.6 is 11.6 Å². The predicted molar refractivity (Wildman–Crippen MR) is 75.0 cm³/mol. The van der Waals surface area contributed by atoms with Crippen molar-refractivity contribution in [3.05, 3.63) is 52.8 Å². The second-order valence-electron chi connectivity index (χ2n) is 4.34. The van der Waals surface area contributed by atoms with Crippen LogP contribution in [0.5, 0.6) is 0 Å². The number of carbonyl (C=O) groups excluding carboxylic acids is 1. The van der Waals surface area contributed by atoms with E-state index in [0.717, 1.165) is 17.1 Å². The second kappa shape index (κ2) is 5.29. The second-order valence-corrected chi connectivity index (χ2v) is 4.61. The SMILES string of the molecule is Cc1cc(C(=O)CCl)c(C)n1-c1cccc(C#N)c1. The minimum atomic E-state index is -0.0857. The molecule has 0 aliphatic heterocycles. The van der Waals surface area contributed by atoms with Crippen molar-refractivity contribution in [2.75, 3.05) is 5.88 Å². The third-order valence-electron chi connectivity index (χ3n) is 3.09. The van der Waals surface area contributed by atoms with Gasteiger partial charge in [0.25, 0.3) is 0 Å². The van der Waals surface area contributed by atoms with Gasteiger partial charge in [-0.1, -0.05) is 6.07 Å². The highest BCUT2D eigenvalue weighted by Crippen LogP contribution is 2.22. The Bertz CT molecular complexity index is 680. The molecule has 0 fully saturated rings. The summed E-state index contributed by atoms with van der Waals surface area (Å²) in [5, 5.41) is 8.95. The van der Waals surface area contributed by atoms with Gasteiger partial charge in [-0.3, -0.25) is 4.79 Å². The van der Waals surface area contributed by atoms with E-state index in [1.165, 1.54) is 0 Å². The van der Waals surface area contributed by atoms with E-state index < -0.39 is 0 Å². The van der Waals surface area contributed by atoms with Crippen molar-refractivity contribution in [3.63, 3.8) is 0 Å². The van der Waals surface area contributed by atoms with Gasteiger partial charge < -0.3 is 4.57 Å². The summed E-state index contributed by atoms with van der Waals surface area (Å²) in [7, 11) is 0. The number of aryl methyl sites for hydroxylation is 1. The first-order valence-electron chi connectivity index (χ1n) is 5.87. The highest BCUT2D eigenvalue weighted by Gasteiger charge is 2.15. The summed E-state index contributed by atoms with van der Waals surface area (Å²) >= 11 is 5.61. The Morgan fingerprint density at radius 2 is 2.11 bits per heavy atom. The molecule has 0 saturated heterocycles. The quantitative estimate of drug-likeness (QED) is 0.635. The van der Waals surface area contributed by atoms with Crippen molar-refractivity contribution in [2.45, 2.75) is 13.8 Å². The first kappa shape index (κ1) is 13.4. The molecule has 19 heavy (non-hydrogen) atoms. The lowest BCUT2D eigenvalue weighted by molar-refractivity contribution is 0.102. The molecule has 0 atom stereocenters. The van der Waals surface area contributed by atoms with Crippen LogP contribution in [0.1, 0.15) is 27.3 Å². The lowest BCUT2D eigenvalue weighted by atomic mass is 10.2. The van der Waals surface area contributed by atoms with Gasteiger partial charge in [0.05, 0.1) is 17.5 Å². The Balaban J connectivity index is 2.60. The van der Waals surface area contributed by atoms with Crippen LogP contribution in [0.3, 0.4) is 0 Å². The molecule has 1 aromatic heterocycles. The minimum absolute atomic E-state index is 0.0253. The molecule has 96 valence electrons. The van der Waals surface area contributed by atoms with Crippen molar-refractivity contribution in [1.29, 1.82) is 5.26 Å². The number of nitriles is 1. The molecule has 0 aliphatic carbocycles. The van der Waals surface area contributed by atoms with Crippen LogP contribution in [0, 0.1) is 25.2 Å².